The maximum atomic E-state index is 13.5. The van der Waals surface area contributed by atoms with Crippen molar-refractivity contribution in [3.05, 3.63) is 72.2 Å². The van der Waals surface area contributed by atoms with Gasteiger partial charge >= 0.3 is 0 Å². The number of hydrogen-bond acceptors (Lipinski definition) is 5. The number of carbonyl (C=O) groups excluding carboxylic acids is 1. The van der Waals surface area contributed by atoms with E-state index >= 15 is 0 Å². The molecule has 2 aliphatic heterocycles. The molecule has 0 amide bonds. The summed E-state index contributed by atoms with van der Waals surface area (Å²) in [5, 5.41) is 0. The SMILES string of the molecule is C=CCO[C@]12CCC(=O)C3OC4=C(OCc5ccccc5)C=CC5C[C@H]1N(CC1CC1)CC[C@]32C45. The number of piperidine rings is 1. The highest BCUT2D eigenvalue weighted by Gasteiger charge is 2.78. The normalized spacial score (nSPS) is 39.3. The molecule has 35 heavy (non-hydrogen) atoms. The molecule has 2 saturated heterocycles. The van der Waals surface area contributed by atoms with E-state index in [1.165, 1.54) is 12.8 Å². The number of allylic oxidation sites excluding steroid dienone is 3. The van der Waals surface area contributed by atoms with Crippen LogP contribution in [0.1, 0.15) is 44.1 Å². The van der Waals surface area contributed by atoms with Crippen LogP contribution in [0.3, 0.4) is 0 Å². The summed E-state index contributed by atoms with van der Waals surface area (Å²) >= 11 is 0. The molecular formula is C30H35NO4. The van der Waals surface area contributed by atoms with Crippen LogP contribution in [0.4, 0.5) is 0 Å². The first-order valence-electron chi connectivity index (χ1n) is 13.4. The number of likely N-dealkylation sites (tertiary alicyclic amines) is 1. The van der Waals surface area contributed by atoms with Crippen LogP contribution in [-0.2, 0) is 25.6 Å². The lowest BCUT2D eigenvalue weighted by molar-refractivity contribution is -0.262. The topological polar surface area (TPSA) is 48.0 Å². The molecule has 6 atom stereocenters. The van der Waals surface area contributed by atoms with E-state index in [0.29, 0.717) is 31.6 Å². The third-order valence-corrected chi connectivity index (χ3v) is 9.71. The van der Waals surface area contributed by atoms with E-state index in [4.69, 9.17) is 14.2 Å². The Morgan fingerprint density at radius 1 is 1.20 bits per heavy atom. The van der Waals surface area contributed by atoms with Crippen LogP contribution in [0.15, 0.2) is 66.7 Å². The first-order chi connectivity index (χ1) is 17.2. The Hall–Kier alpha value is -2.37. The van der Waals surface area contributed by atoms with E-state index in [2.05, 4.69) is 35.8 Å². The lowest BCUT2D eigenvalue weighted by Gasteiger charge is -2.67. The predicted octanol–water partition coefficient (Wildman–Crippen LogP) is 4.79. The maximum Gasteiger partial charge on any atom is 0.174 e. The van der Waals surface area contributed by atoms with Crippen LogP contribution in [0.2, 0.25) is 0 Å². The predicted molar refractivity (Wildman–Crippen MR) is 132 cm³/mol. The van der Waals surface area contributed by atoms with E-state index in [1.54, 1.807) is 0 Å². The quantitative estimate of drug-likeness (QED) is 0.508. The summed E-state index contributed by atoms with van der Waals surface area (Å²) in [6, 6.07) is 10.5. The molecule has 2 heterocycles. The number of carbonyl (C=O) groups is 1. The minimum atomic E-state index is -0.440. The van der Waals surface area contributed by atoms with Gasteiger partial charge < -0.3 is 14.2 Å². The molecule has 5 fully saturated rings. The Kier molecular flexibility index (Phi) is 5.05. The van der Waals surface area contributed by atoms with Gasteiger partial charge in [-0.1, -0.05) is 42.5 Å². The Bertz CT molecular complexity index is 1090. The highest BCUT2D eigenvalue weighted by molar-refractivity contribution is 5.87. The van der Waals surface area contributed by atoms with E-state index in [9.17, 15) is 4.79 Å². The van der Waals surface area contributed by atoms with Gasteiger partial charge in [-0.15, -0.1) is 6.58 Å². The van der Waals surface area contributed by atoms with E-state index < -0.39 is 6.10 Å². The summed E-state index contributed by atoms with van der Waals surface area (Å²) in [4.78, 5) is 16.2. The number of benzene rings is 1. The molecule has 1 aromatic carbocycles. The zero-order valence-corrected chi connectivity index (χ0v) is 20.4. The number of rotatable bonds is 8. The molecule has 7 rings (SSSR count). The van der Waals surface area contributed by atoms with Crippen molar-refractivity contribution >= 4 is 5.78 Å². The van der Waals surface area contributed by atoms with Gasteiger partial charge in [-0.2, -0.15) is 0 Å². The fraction of sp³-hybridized carbons (Fsp3) is 0.567. The molecule has 5 heteroatoms. The van der Waals surface area contributed by atoms with Crippen LogP contribution in [0, 0.1) is 23.2 Å². The van der Waals surface area contributed by atoms with Crippen molar-refractivity contribution in [2.45, 2.75) is 62.9 Å². The van der Waals surface area contributed by atoms with Gasteiger partial charge in [-0.05, 0) is 62.1 Å². The second kappa shape index (κ2) is 8.07. The molecule has 3 unspecified atom stereocenters. The lowest BCUT2D eigenvalue weighted by Crippen LogP contribution is -2.77. The molecule has 4 aliphatic carbocycles. The zero-order valence-electron chi connectivity index (χ0n) is 20.4. The Morgan fingerprint density at radius 2 is 2.06 bits per heavy atom. The molecule has 6 aliphatic rings. The second-order valence-corrected chi connectivity index (χ2v) is 11.4. The molecular weight excluding hydrogens is 438 g/mol. The van der Waals surface area contributed by atoms with Crippen LogP contribution in [-0.4, -0.2) is 48.1 Å². The van der Waals surface area contributed by atoms with Gasteiger partial charge in [0.25, 0.3) is 0 Å². The average molecular weight is 474 g/mol. The van der Waals surface area contributed by atoms with Gasteiger partial charge in [-0.25, -0.2) is 0 Å². The standard InChI is InChI=1S/C30H35NO4/c1-2-16-34-30-13-12-23(32)28-29(30)14-15-31(18-20-8-9-20)25(30)17-22-10-11-24(27(35-28)26(22)29)33-19-21-6-4-3-5-7-21/h2-7,10-11,20,22,25-26,28H,1,8-9,12-19H2/t22?,25-,26?,28?,29+,30-/m1/s1. The number of hydrogen-bond donors (Lipinski definition) is 0. The van der Waals surface area contributed by atoms with Crippen LogP contribution < -0.4 is 0 Å². The zero-order chi connectivity index (χ0) is 23.6. The summed E-state index contributed by atoms with van der Waals surface area (Å²) in [6.07, 6.45) is 11.9. The molecule has 0 N–H and O–H groups in total. The fourth-order valence-electron chi connectivity index (χ4n) is 8.19. The Morgan fingerprint density at radius 3 is 2.86 bits per heavy atom. The maximum absolute atomic E-state index is 13.5. The summed E-state index contributed by atoms with van der Waals surface area (Å²) in [5.74, 6) is 3.24. The lowest BCUT2D eigenvalue weighted by atomic mass is 9.44. The van der Waals surface area contributed by atoms with E-state index in [0.717, 1.165) is 55.4 Å². The molecule has 5 nitrogen and oxygen atoms in total. The molecule has 184 valence electrons. The van der Waals surface area contributed by atoms with Crippen molar-refractivity contribution in [2.24, 2.45) is 23.2 Å². The van der Waals surface area contributed by atoms with Crippen molar-refractivity contribution in [1.29, 1.82) is 0 Å². The molecule has 1 spiro atoms. The van der Waals surface area contributed by atoms with E-state index in [1.807, 2.05) is 24.3 Å². The highest BCUT2D eigenvalue weighted by Crippen LogP contribution is 2.70. The Balaban J connectivity index is 1.30. The second-order valence-electron chi connectivity index (χ2n) is 11.4. The summed E-state index contributed by atoms with van der Waals surface area (Å²) < 4.78 is 19.9. The van der Waals surface area contributed by atoms with Crippen molar-refractivity contribution < 1.29 is 19.0 Å². The fourth-order valence-corrected chi connectivity index (χ4v) is 8.19. The minimum Gasteiger partial charge on any atom is -0.485 e. The van der Waals surface area contributed by atoms with Crippen molar-refractivity contribution in [2.75, 3.05) is 19.7 Å². The molecule has 0 aromatic heterocycles. The van der Waals surface area contributed by atoms with Gasteiger partial charge in [0.1, 0.15) is 12.4 Å². The van der Waals surface area contributed by atoms with Crippen LogP contribution in [0.25, 0.3) is 0 Å². The average Bonchev–Trinajstić information content (AvgIpc) is 3.63. The minimum absolute atomic E-state index is 0.136. The van der Waals surface area contributed by atoms with Crippen molar-refractivity contribution in [3.8, 4) is 0 Å². The van der Waals surface area contributed by atoms with Gasteiger partial charge in [0, 0.05) is 24.9 Å². The molecule has 3 saturated carbocycles. The third-order valence-electron chi connectivity index (χ3n) is 9.71. The van der Waals surface area contributed by atoms with Crippen LogP contribution in [0.5, 0.6) is 0 Å². The van der Waals surface area contributed by atoms with Crippen molar-refractivity contribution in [3.63, 3.8) is 0 Å². The van der Waals surface area contributed by atoms with Gasteiger partial charge in [0.05, 0.1) is 17.6 Å². The first kappa shape index (κ1) is 21.9. The van der Waals surface area contributed by atoms with Gasteiger partial charge in [0.2, 0.25) is 0 Å². The molecule has 1 aromatic rings. The monoisotopic (exact) mass is 473 g/mol. The van der Waals surface area contributed by atoms with E-state index in [-0.39, 0.29) is 22.7 Å². The number of Topliss-reactive ketones (excluding diaryl/α,β-unsaturated/α-hetero) is 1. The summed E-state index contributed by atoms with van der Waals surface area (Å²) in [6.45, 7) is 7.15. The molecule has 0 radical (unpaired) electrons. The number of ether oxygens (including phenoxy) is 3. The highest BCUT2D eigenvalue weighted by atomic mass is 16.5. The summed E-state index contributed by atoms with van der Waals surface area (Å²) in [5.41, 5.74) is 0.410. The third kappa shape index (κ3) is 3.10. The first-order valence-corrected chi connectivity index (χ1v) is 13.4. The van der Waals surface area contributed by atoms with Crippen LogP contribution >= 0.6 is 0 Å². The smallest absolute Gasteiger partial charge is 0.174 e. The van der Waals surface area contributed by atoms with Gasteiger partial charge in [0.15, 0.2) is 17.6 Å². The number of nitrogens with zero attached hydrogens (tertiary/aromatic N) is 1. The Labute approximate surface area is 207 Å². The van der Waals surface area contributed by atoms with Crippen molar-refractivity contribution in [1.82, 2.24) is 4.90 Å². The summed E-state index contributed by atoms with van der Waals surface area (Å²) in [7, 11) is 0. The van der Waals surface area contributed by atoms with Gasteiger partial charge in [-0.3, -0.25) is 9.69 Å². The number of ketones is 1. The molecule has 2 bridgehead atoms. The largest absolute Gasteiger partial charge is 0.485 e.